The molecule has 1 aliphatic carbocycles. The molecule has 0 aliphatic heterocycles. The van der Waals surface area contributed by atoms with Crippen molar-refractivity contribution in [2.75, 3.05) is 26.4 Å². The summed E-state index contributed by atoms with van der Waals surface area (Å²) in [6.45, 7) is 7.97. The van der Waals surface area contributed by atoms with E-state index in [1.165, 1.54) is 44.1 Å². The molecule has 0 saturated heterocycles. The van der Waals surface area contributed by atoms with Crippen LogP contribution in [0.25, 0.3) is 0 Å². The van der Waals surface area contributed by atoms with E-state index in [2.05, 4.69) is 19.6 Å². The molecule has 0 heterocycles. The maximum absolute atomic E-state index is 11.5. The van der Waals surface area contributed by atoms with E-state index in [0.717, 1.165) is 5.92 Å². The van der Waals surface area contributed by atoms with Gasteiger partial charge in [0.1, 0.15) is 19.8 Å². The minimum Gasteiger partial charge on any atom is -0.487 e. The minimum atomic E-state index is -0.419. The summed E-state index contributed by atoms with van der Waals surface area (Å²) in [5.41, 5.74) is 1.63. The number of aliphatic hydroxyl groups excluding tert-OH is 1. The van der Waals surface area contributed by atoms with Gasteiger partial charge in [-0.15, -0.1) is 0 Å². The van der Waals surface area contributed by atoms with Gasteiger partial charge in [0.25, 0.3) is 0 Å². The van der Waals surface area contributed by atoms with Crippen molar-refractivity contribution in [3.63, 3.8) is 0 Å². The highest BCUT2D eigenvalue weighted by atomic mass is 16.6. The van der Waals surface area contributed by atoms with Gasteiger partial charge in [-0.05, 0) is 62.1 Å². The van der Waals surface area contributed by atoms with Crippen molar-refractivity contribution in [3.05, 3.63) is 35.9 Å². The van der Waals surface area contributed by atoms with E-state index < -0.39 is 5.97 Å². The molecule has 2 rings (SSSR count). The first kappa shape index (κ1) is 22.3. The molecule has 1 N–H and O–H groups in total. The largest absolute Gasteiger partial charge is 0.487 e. The quantitative estimate of drug-likeness (QED) is 0.339. The standard InChI is InChI=1S/C23H34O5/c1-4-5-18-6-8-19(9-7-18)20-10-11-21(26-13-12-24)22(16-20)27-14-15-28-23(25)17(2)3/h10-11,16,18-19,24H,2,4-9,12-15H2,1,3H3. The normalized spacial score (nSPS) is 19.1. The molecule has 1 aromatic carbocycles. The number of carbonyl (C=O) groups is 1. The van der Waals surface area contributed by atoms with Crippen LogP contribution in [0.2, 0.25) is 0 Å². The summed E-state index contributed by atoms with van der Waals surface area (Å²) >= 11 is 0. The number of hydrogen-bond donors (Lipinski definition) is 1. The summed E-state index contributed by atoms with van der Waals surface area (Å²) in [6.07, 6.45) is 7.58. The van der Waals surface area contributed by atoms with Crippen LogP contribution in [0, 0.1) is 5.92 Å². The molecule has 1 saturated carbocycles. The predicted octanol–water partition coefficient (Wildman–Crippen LogP) is 4.63. The molecule has 28 heavy (non-hydrogen) atoms. The lowest BCUT2D eigenvalue weighted by Gasteiger charge is -2.29. The van der Waals surface area contributed by atoms with Crippen LogP contribution in [0.15, 0.2) is 30.4 Å². The fourth-order valence-electron chi connectivity index (χ4n) is 3.77. The van der Waals surface area contributed by atoms with Crippen molar-refractivity contribution >= 4 is 5.97 Å². The van der Waals surface area contributed by atoms with Crippen molar-refractivity contribution in [2.24, 2.45) is 5.92 Å². The molecule has 0 bridgehead atoms. The van der Waals surface area contributed by atoms with Gasteiger partial charge >= 0.3 is 5.97 Å². The maximum atomic E-state index is 11.5. The number of ether oxygens (including phenoxy) is 3. The SMILES string of the molecule is C=C(C)C(=O)OCCOc1cc(C2CCC(CCC)CC2)ccc1OCCO. The second kappa shape index (κ2) is 11.7. The highest BCUT2D eigenvalue weighted by molar-refractivity contribution is 5.86. The second-order valence-electron chi connectivity index (χ2n) is 7.55. The van der Waals surface area contributed by atoms with Crippen LogP contribution in [0.3, 0.4) is 0 Å². The van der Waals surface area contributed by atoms with Gasteiger partial charge in [0.05, 0.1) is 6.61 Å². The van der Waals surface area contributed by atoms with Crippen molar-refractivity contribution in [1.82, 2.24) is 0 Å². The first-order chi connectivity index (χ1) is 13.5. The Morgan fingerprint density at radius 1 is 1.11 bits per heavy atom. The lowest BCUT2D eigenvalue weighted by Crippen LogP contribution is -2.15. The van der Waals surface area contributed by atoms with Crippen LogP contribution in [-0.2, 0) is 9.53 Å². The Morgan fingerprint density at radius 2 is 1.82 bits per heavy atom. The highest BCUT2D eigenvalue weighted by Crippen LogP contribution is 2.40. The average Bonchev–Trinajstić information content (AvgIpc) is 2.70. The Kier molecular flexibility index (Phi) is 9.35. The van der Waals surface area contributed by atoms with Crippen LogP contribution >= 0.6 is 0 Å². The molecule has 1 aromatic rings. The monoisotopic (exact) mass is 390 g/mol. The lowest BCUT2D eigenvalue weighted by atomic mass is 9.77. The Bertz CT molecular complexity index is 632. The molecule has 0 spiro atoms. The first-order valence-corrected chi connectivity index (χ1v) is 10.4. The van der Waals surface area contributed by atoms with Gasteiger partial charge in [-0.1, -0.05) is 32.4 Å². The molecular weight excluding hydrogens is 356 g/mol. The van der Waals surface area contributed by atoms with Crippen LogP contribution in [0.5, 0.6) is 11.5 Å². The van der Waals surface area contributed by atoms with E-state index in [-0.39, 0.29) is 26.4 Å². The molecule has 0 aromatic heterocycles. The van der Waals surface area contributed by atoms with E-state index in [9.17, 15) is 4.79 Å². The van der Waals surface area contributed by atoms with Crippen LogP contribution < -0.4 is 9.47 Å². The third-order valence-electron chi connectivity index (χ3n) is 5.25. The first-order valence-electron chi connectivity index (χ1n) is 10.4. The van der Waals surface area contributed by atoms with Crippen LogP contribution in [0.1, 0.15) is 63.9 Å². The molecule has 5 heteroatoms. The van der Waals surface area contributed by atoms with Gasteiger partial charge < -0.3 is 19.3 Å². The molecule has 5 nitrogen and oxygen atoms in total. The number of aliphatic hydroxyl groups is 1. The van der Waals surface area contributed by atoms with Crippen molar-refractivity contribution in [2.45, 2.75) is 58.3 Å². The predicted molar refractivity (Wildman–Crippen MR) is 110 cm³/mol. The van der Waals surface area contributed by atoms with Gasteiger partial charge in [-0.2, -0.15) is 0 Å². The van der Waals surface area contributed by atoms with Crippen LogP contribution in [-0.4, -0.2) is 37.5 Å². The fraction of sp³-hybridized carbons (Fsp3) is 0.609. The third-order valence-corrected chi connectivity index (χ3v) is 5.25. The van der Waals surface area contributed by atoms with E-state index >= 15 is 0 Å². The molecule has 156 valence electrons. The van der Waals surface area contributed by atoms with E-state index in [1.807, 2.05) is 12.1 Å². The van der Waals surface area contributed by atoms with Crippen LogP contribution in [0.4, 0.5) is 0 Å². The summed E-state index contributed by atoms with van der Waals surface area (Å²) in [5.74, 6) is 2.23. The highest BCUT2D eigenvalue weighted by Gasteiger charge is 2.23. The number of benzene rings is 1. The summed E-state index contributed by atoms with van der Waals surface area (Å²) in [5, 5.41) is 9.04. The smallest absolute Gasteiger partial charge is 0.333 e. The van der Waals surface area contributed by atoms with Gasteiger partial charge in [-0.3, -0.25) is 0 Å². The summed E-state index contributed by atoms with van der Waals surface area (Å²) in [4.78, 5) is 11.5. The molecule has 0 radical (unpaired) electrons. The molecule has 0 atom stereocenters. The molecule has 0 amide bonds. The van der Waals surface area contributed by atoms with E-state index in [1.54, 1.807) is 6.92 Å². The number of rotatable bonds is 11. The Labute approximate surface area is 168 Å². The fourth-order valence-corrected chi connectivity index (χ4v) is 3.77. The van der Waals surface area contributed by atoms with Gasteiger partial charge in [0.2, 0.25) is 0 Å². The van der Waals surface area contributed by atoms with Gasteiger partial charge in [0.15, 0.2) is 11.5 Å². The van der Waals surface area contributed by atoms with E-state index in [4.69, 9.17) is 19.3 Å². The second-order valence-corrected chi connectivity index (χ2v) is 7.55. The molecular formula is C23H34O5. The zero-order chi connectivity index (χ0) is 20.4. The average molecular weight is 391 g/mol. The Balaban J connectivity index is 1.99. The minimum absolute atomic E-state index is 0.0567. The Hall–Kier alpha value is -2.01. The van der Waals surface area contributed by atoms with Crippen molar-refractivity contribution in [3.8, 4) is 11.5 Å². The number of carbonyl (C=O) groups excluding carboxylic acids is 1. The van der Waals surface area contributed by atoms with Gasteiger partial charge in [0, 0.05) is 5.57 Å². The topological polar surface area (TPSA) is 65.0 Å². The maximum Gasteiger partial charge on any atom is 0.333 e. The number of hydrogen-bond acceptors (Lipinski definition) is 5. The zero-order valence-corrected chi connectivity index (χ0v) is 17.2. The molecule has 0 unspecified atom stereocenters. The summed E-state index contributed by atoms with van der Waals surface area (Å²) < 4.78 is 16.5. The van der Waals surface area contributed by atoms with Gasteiger partial charge in [-0.25, -0.2) is 4.79 Å². The lowest BCUT2D eigenvalue weighted by molar-refractivity contribution is -0.139. The summed E-state index contributed by atoms with van der Waals surface area (Å²) in [7, 11) is 0. The van der Waals surface area contributed by atoms with E-state index in [0.29, 0.717) is 23.0 Å². The summed E-state index contributed by atoms with van der Waals surface area (Å²) in [6, 6.07) is 6.06. The van der Waals surface area contributed by atoms with Crippen molar-refractivity contribution < 1.29 is 24.1 Å². The Morgan fingerprint density at radius 3 is 2.46 bits per heavy atom. The molecule has 1 fully saturated rings. The molecule has 1 aliphatic rings. The van der Waals surface area contributed by atoms with Crippen molar-refractivity contribution in [1.29, 1.82) is 0 Å². The third kappa shape index (κ3) is 6.86. The zero-order valence-electron chi connectivity index (χ0n) is 17.2. The number of esters is 1.